The van der Waals surface area contributed by atoms with E-state index in [2.05, 4.69) is 12.1 Å². The van der Waals surface area contributed by atoms with Crippen LogP contribution in [0.25, 0.3) is 16.2 Å². The van der Waals surface area contributed by atoms with Gasteiger partial charge in [0, 0.05) is 35.9 Å². The number of imidazole rings is 1. The Labute approximate surface area is 180 Å². The maximum absolute atomic E-state index is 12.9. The summed E-state index contributed by atoms with van der Waals surface area (Å²) in [4.78, 5) is 20.5. The molecule has 154 valence electrons. The van der Waals surface area contributed by atoms with Crippen molar-refractivity contribution in [2.75, 3.05) is 13.2 Å². The summed E-state index contributed by atoms with van der Waals surface area (Å²) in [5.41, 5.74) is 4.04. The topological polar surface area (TPSA) is 46.8 Å². The summed E-state index contributed by atoms with van der Waals surface area (Å²) in [7, 11) is 0. The van der Waals surface area contributed by atoms with E-state index in [-0.39, 0.29) is 5.91 Å². The number of aromatic nitrogens is 2. The number of likely N-dealkylation sites (N-methyl/N-ethyl adjacent to an activating group) is 1. The van der Waals surface area contributed by atoms with Gasteiger partial charge in [-0.1, -0.05) is 30.3 Å². The van der Waals surface area contributed by atoms with Gasteiger partial charge in [-0.3, -0.25) is 9.20 Å². The molecular formula is C24H25N3O2S. The quantitative estimate of drug-likeness (QED) is 0.401. The zero-order valence-electron chi connectivity index (χ0n) is 17.2. The highest BCUT2D eigenvalue weighted by molar-refractivity contribution is 7.15. The first-order chi connectivity index (χ1) is 14.7. The van der Waals surface area contributed by atoms with Crippen molar-refractivity contribution in [3.63, 3.8) is 0 Å². The Morgan fingerprint density at radius 2 is 1.87 bits per heavy atom. The lowest BCUT2D eigenvalue weighted by molar-refractivity contribution is -0.130. The maximum atomic E-state index is 12.9. The number of hydrogen-bond donors (Lipinski definition) is 0. The molecule has 5 nitrogen and oxygen atoms in total. The Bertz CT molecular complexity index is 1120. The molecule has 1 amide bonds. The molecule has 0 spiro atoms. The van der Waals surface area contributed by atoms with Gasteiger partial charge in [0.05, 0.1) is 18.7 Å². The highest BCUT2D eigenvalue weighted by Crippen LogP contribution is 2.26. The maximum Gasteiger partial charge on any atom is 0.228 e. The normalized spacial score (nSPS) is 11.0. The fourth-order valence-corrected chi connectivity index (χ4v) is 4.30. The van der Waals surface area contributed by atoms with Crippen molar-refractivity contribution in [2.24, 2.45) is 0 Å². The zero-order valence-corrected chi connectivity index (χ0v) is 18.1. The monoisotopic (exact) mass is 419 g/mol. The third-order valence-electron chi connectivity index (χ3n) is 5.03. The lowest BCUT2D eigenvalue weighted by Crippen LogP contribution is -2.31. The summed E-state index contributed by atoms with van der Waals surface area (Å²) in [5, 5.41) is 2.03. The van der Waals surface area contributed by atoms with Gasteiger partial charge in [-0.25, -0.2) is 4.98 Å². The average molecular weight is 420 g/mol. The van der Waals surface area contributed by atoms with E-state index in [9.17, 15) is 4.79 Å². The van der Waals surface area contributed by atoms with E-state index in [0.29, 0.717) is 26.1 Å². The number of hydrogen-bond acceptors (Lipinski definition) is 4. The molecule has 0 N–H and O–H groups in total. The second-order valence-electron chi connectivity index (χ2n) is 7.03. The van der Waals surface area contributed by atoms with Crippen LogP contribution in [0.15, 0.2) is 66.2 Å². The first-order valence-electron chi connectivity index (χ1n) is 10.2. The molecule has 0 unspecified atom stereocenters. The van der Waals surface area contributed by atoms with E-state index >= 15 is 0 Å². The number of carbonyl (C=O) groups is 1. The lowest BCUT2D eigenvalue weighted by atomic mass is 10.1. The fraction of sp³-hybridized carbons (Fsp3) is 0.250. The van der Waals surface area contributed by atoms with Gasteiger partial charge < -0.3 is 9.64 Å². The summed E-state index contributed by atoms with van der Waals surface area (Å²) in [6.07, 6.45) is 2.37. The molecule has 0 aliphatic rings. The molecule has 0 atom stereocenters. The fourth-order valence-electron chi connectivity index (χ4n) is 3.43. The molecule has 2 aromatic carbocycles. The highest BCUT2D eigenvalue weighted by Gasteiger charge is 2.17. The minimum absolute atomic E-state index is 0.123. The minimum Gasteiger partial charge on any atom is -0.494 e. The Hall–Kier alpha value is -3.12. The third kappa shape index (κ3) is 4.39. The second kappa shape index (κ2) is 9.13. The number of ether oxygens (including phenoxy) is 1. The van der Waals surface area contributed by atoms with Crippen molar-refractivity contribution >= 4 is 22.2 Å². The van der Waals surface area contributed by atoms with Crippen molar-refractivity contribution in [3.05, 3.63) is 77.4 Å². The molecule has 0 aliphatic heterocycles. The van der Waals surface area contributed by atoms with E-state index in [0.717, 1.165) is 33.2 Å². The van der Waals surface area contributed by atoms with Gasteiger partial charge >= 0.3 is 0 Å². The average Bonchev–Trinajstić information content (AvgIpc) is 3.35. The van der Waals surface area contributed by atoms with E-state index < -0.39 is 0 Å². The van der Waals surface area contributed by atoms with Gasteiger partial charge in [-0.2, -0.15) is 0 Å². The van der Waals surface area contributed by atoms with Gasteiger partial charge in [0.2, 0.25) is 5.91 Å². The predicted molar refractivity (Wildman–Crippen MR) is 121 cm³/mol. The third-order valence-corrected chi connectivity index (χ3v) is 5.92. The Morgan fingerprint density at radius 1 is 1.10 bits per heavy atom. The van der Waals surface area contributed by atoms with Crippen LogP contribution in [-0.2, 0) is 17.8 Å². The van der Waals surface area contributed by atoms with Crippen molar-refractivity contribution in [1.82, 2.24) is 14.3 Å². The molecule has 2 heterocycles. The molecule has 0 fully saturated rings. The largest absolute Gasteiger partial charge is 0.494 e. The second-order valence-corrected chi connectivity index (χ2v) is 7.87. The summed E-state index contributed by atoms with van der Waals surface area (Å²) in [6, 6.07) is 18.1. The van der Waals surface area contributed by atoms with Gasteiger partial charge in [-0.05, 0) is 43.7 Å². The van der Waals surface area contributed by atoms with Crippen LogP contribution in [-0.4, -0.2) is 33.3 Å². The van der Waals surface area contributed by atoms with Crippen LogP contribution < -0.4 is 4.74 Å². The first-order valence-corrected chi connectivity index (χ1v) is 11.1. The van der Waals surface area contributed by atoms with Crippen molar-refractivity contribution in [2.45, 2.75) is 26.8 Å². The summed E-state index contributed by atoms with van der Waals surface area (Å²) in [6.45, 7) is 5.95. The molecule has 0 bridgehead atoms. The number of thiazole rings is 1. The molecule has 2 aromatic heterocycles. The Balaban J connectivity index is 1.51. The molecule has 0 radical (unpaired) electrons. The van der Waals surface area contributed by atoms with Gasteiger partial charge in [-0.15, -0.1) is 11.3 Å². The number of carbonyl (C=O) groups excluding carboxylic acids is 1. The lowest BCUT2D eigenvalue weighted by Gasteiger charge is -2.21. The standard InChI is InChI=1S/C24H25N3O2S/c1-3-26(15-18-8-6-5-7-9-18)23(28)14-20-17-30-24-25-22(16-27(20)24)19-10-12-21(13-11-19)29-4-2/h5-13,16-17H,3-4,14-15H2,1-2H3. The van der Waals surface area contributed by atoms with Gasteiger partial charge in [0.15, 0.2) is 4.96 Å². The van der Waals surface area contributed by atoms with E-state index in [4.69, 9.17) is 9.72 Å². The summed E-state index contributed by atoms with van der Waals surface area (Å²) >= 11 is 1.56. The van der Waals surface area contributed by atoms with Crippen LogP contribution in [0.2, 0.25) is 0 Å². The van der Waals surface area contributed by atoms with Crippen molar-refractivity contribution < 1.29 is 9.53 Å². The smallest absolute Gasteiger partial charge is 0.228 e. The Kier molecular flexibility index (Phi) is 6.14. The number of fused-ring (bicyclic) bond motifs is 1. The summed E-state index contributed by atoms with van der Waals surface area (Å²) in [5.74, 6) is 0.976. The van der Waals surface area contributed by atoms with Crippen LogP contribution in [0.1, 0.15) is 25.1 Å². The van der Waals surface area contributed by atoms with Crippen LogP contribution in [0.5, 0.6) is 5.75 Å². The zero-order chi connectivity index (χ0) is 20.9. The highest BCUT2D eigenvalue weighted by atomic mass is 32.1. The van der Waals surface area contributed by atoms with E-state index in [1.165, 1.54) is 0 Å². The number of benzene rings is 2. The number of rotatable bonds is 8. The van der Waals surface area contributed by atoms with Crippen molar-refractivity contribution in [1.29, 1.82) is 0 Å². The molecule has 0 saturated heterocycles. The summed E-state index contributed by atoms with van der Waals surface area (Å²) < 4.78 is 7.55. The number of amides is 1. The van der Waals surface area contributed by atoms with Crippen molar-refractivity contribution in [3.8, 4) is 17.0 Å². The molecule has 30 heavy (non-hydrogen) atoms. The molecule has 0 saturated carbocycles. The number of nitrogens with zero attached hydrogens (tertiary/aromatic N) is 3. The van der Waals surface area contributed by atoms with Crippen LogP contribution in [0.4, 0.5) is 0 Å². The predicted octanol–water partition coefficient (Wildman–Crippen LogP) is 5.05. The molecule has 6 heteroatoms. The molecule has 0 aliphatic carbocycles. The first kappa shape index (κ1) is 20.2. The van der Waals surface area contributed by atoms with Gasteiger partial charge in [0.1, 0.15) is 5.75 Å². The van der Waals surface area contributed by atoms with Crippen LogP contribution in [0.3, 0.4) is 0 Å². The SMILES string of the molecule is CCOc1ccc(-c2cn3c(CC(=O)N(CC)Cc4ccccc4)csc3n2)cc1. The van der Waals surface area contributed by atoms with E-state index in [1.54, 1.807) is 11.3 Å². The molecular weight excluding hydrogens is 394 g/mol. The minimum atomic E-state index is 0.123. The molecule has 4 rings (SSSR count). The molecule has 4 aromatic rings. The van der Waals surface area contributed by atoms with E-state index in [1.807, 2.05) is 77.2 Å². The van der Waals surface area contributed by atoms with Crippen LogP contribution in [0, 0.1) is 0 Å². The van der Waals surface area contributed by atoms with Gasteiger partial charge in [0.25, 0.3) is 0 Å². The Morgan fingerprint density at radius 3 is 2.57 bits per heavy atom. The van der Waals surface area contributed by atoms with Crippen LogP contribution >= 0.6 is 11.3 Å².